The van der Waals surface area contributed by atoms with Crippen molar-refractivity contribution in [2.45, 2.75) is 33.2 Å². The first kappa shape index (κ1) is 16.7. The molecule has 0 saturated heterocycles. The van der Waals surface area contributed by atoms with E-state index in [4.69, 9.17) is 5.11 Å². The Morgan fingerprint density at radius 3 is 2.50 bits per heavy atom. The van der Waals surface area contributed by atoms with Crippen LogP contribution in [-0.4, -0.2) is 23.1 Å². The SMILES string of the molecule is CC(C)CC(C)NC(=O)Nc1ccc(I)cc1C(=O)O. The highest BCUT2D eigenvalue weighted by atomic mass is 127. The van der Waals surface area contributed by atoms with Crippen LogP contribution in [0.25, 0.3) is 0 Å². The van der Waals surface area contributed by atoms with Gasteiger partial charge in [0.2, 0.25) is 0 Å². The summed E-state index contributed by atoms with van der Waals surface area (Å²) in [6.45, 7) is 6.08. The van der Waals surface area contributed by atoms with Gasteiger partial charge in [-0.2, -0.15) is 0 Å². The molecule has 1 aromatic rings. The third-order valence-electron chi connectivity index (χ3n) is 2.66. The van der Waals surface area contributed by atoms with Gasteiger partial charge in [0.1, 0.15) is 0 Å². The Bertz CT molecular complexity index is 503. The minimum Gasteiger partial charge on any atom is -0.478 e. The zero-order valence-electron chi connectivity index (χ0n) is 11.7. The summed E-state index contributed by atoms with van der Waals surface area (Å²) in [5.41, 5.74) is 0.385. The summed E-state index contributed by atoms with van der Waals surface area (Å²) in [6, 6.07) is 4.52. The first-order valence-corrected chi connectivity index (χ1v) is 7.47. The van der Waals surface area contributed by atoms with Crippen LogP contribution in [0.3, 0.4) is 0 Å². The van der Waals surface area contributed by atoms with Gasteiger partial charge >= 0.3 is 12.0 Å². The summed E-state index contributed by atoms with van der Waals surface area (Å²) >= 11 is 2.03. The van der Waals surface area contributed by atoms with E-state index in [0.717, 1.165) is 9.99 Å². The van der Waals surface area contributed by atoms with E-state index in [-0.39, 0.29) is 17.6 Å². The van der Waals surface area contributed by atoms with Gasteiger partial charge in [-0.05, 0) is 60.1 Å². The number of hydrogen-bond acceptors (Lipinski definition) is 2. The maximum Gasteiger partial charge on any atom is 0.337 e. The standard InChI is InChI=1S/C14H19IN2O3/c1-8(2)6-9(3)16-14(20)17-12-5-4-10(15)7-11(12)13(18)19/h4-5,7-9H,6H2,1-3H3,(H,18,19)(H2,16,17,20). The molecular formula is C14H19IN2O3. The summed E-state index contributed by atoms with van der Waals surface area (Å²) in [5.74, 6) is -0.577. The van der Waals surface area contributed by atoms with Crippen molar-refractivity contribution in [3.8, 4) is 0 Å². The number of hydrogen-bond donors (Lipinski definition) is 3. The fourth-order valence-electron chi connectivity index (χ4n) is 1.95. The van der Waals surface area contributed by atoms with Gasteiger partial charge in [0.05, 0.1) is 11.3 Å². The first-order valence-electron chi connectivity index (χ1n) is 6.40. The number of carboxylic acid groups (broad SMARTS) is 1. The van der Waals surface area contributed by atoms with Gasteiger partial charge in [-0.25, -0.2) is 9.59 Å². The molecule has 0 saturated carbocycles. The lowest BCUT2D eigenvalue weighted by Crippen LogP contribution is -2.37. The van der Waals surface area contributed by atoms with Crippen LogP contribution in [0.1, 0.15) is 37.6 Å². The van der Waals surface area contributed by atoms with Gasteiger partial charge in [-0.3, -0.25) is 0 Å². The van der Waals surface area contributed by atoms with Crippen molar-refractivity contribution in [2.75, 3.05) is 5.32 Å². The van der Waals surface area contributed by atoms with Crippen LogP contribution in [0, 0.1) is 9.49 Å². The number of carbonyl (C=O) groups is 2. The highest BCUT2D eigenvalue weighted by Gasteiger charge is 2.14. The van der Waals surface area contributed by atoms with Gasteiger partial charge in [0.25, 0.3) is 0 Å². The molecular weight excluding hydrogens is 371 g/mol. The van der Waals surface area contributed by atoms with Crippen LogP contribution in [-0.2, 0) is 0 Å². The molecule has 110 valence electrons. The molecule has 0 fully saturated rings. The largest absolute Gasteiger partial charge is 0.478 e. The molecule has 0 aromatic heterocycles. The number of rotatable bonds is 5. The predicted octanol–water partition coefficient (Wildman–Crippen LogP) is 3.55. The number of amides is 2. The average Bonchev–Trinajstić information content (AvgIpc) is 2.29. The first-order chi connectivity index (χ1) is 9.29. The van der Waals surface area contributed by atoms with E-state index >= 15 is 0 Å². The molecule has 20 heavy (non-hydrogen) atoms. The third-order valence-corrected chi connectivity index (χ3v) is 3.33. The maximum absolute atomic E-state index is 11.8. The summed E-state index contributed by atoms with van der Waals surface area (Å²) in [6.07, 6.45) is 0.867. The van der Waals surface area contributed by atoms with Crippen molar-refractivity contribution in [2.24, 2.45) is 5.92 Å². The molecule has 0 spiro atoms. The van der Waals surface area contributed by atoms with Crippen molar-refractivity contribution in [3.05, 3.63) is 27.3 Å². The van der Waals surface area contributed by atoms with Crippen molar-refractivity contribution in [1.82, 2.24) is 5.32 Å². The molecule has 5 nitrogen and oxygen atoms in total. The molecule has 0 bridgehead atoms. The molecule has 2 amide bonds. The molecule has 0 radical (unpaired) electrons. The summed E-state index contributed by atoms with van der Waals surface area (Å²) in [5, 5.41) is 14.5. The smallest absolute Gasteiger partial charge is 0.337 e. The highest BCUT2D eigenvalue weighted by Crippen LogP contribution is 2.19. The number of benzene rings is 1. The maximum atomic E-state index is 11.8. The van der Waals surface area contributed by atoms with Crippen LogP contribution in [0.4, 0.5) is 10.5 Å². The number of aromatic carboxylic acids is 1. The second kappa shape index (κ2) is 7.47. The number of halogens is 1. The lowest BCUT2D eigenvalue weighted by molar-refractivity contribution is 0.0698. The van der Waals surface area contributed by atoms with E-state index in [1.165, 1.54) is 6.07 Å². The second-order valence-corrected chi connectivity index (χ2v) is 6.37. The van der Waals surface area contributed by atoms with Crippen LogP contribution in [0.15, 0.2) is 18.2 Å². The van der Waals surface area contributed by atoms with Crippen molar-refractivity contribution in [1.29, 1.82) is 0 Å². The fourth-order valence-corrected chi connectivity index (χ4v) is 2.44. The molecule has 1 aromatic carbocycles. The second-order valence-electron chi connectivity index (χ2n) is 5.12. The number of anilines is 1. The molecule has 0 heterocycles. The van der Waals surface area contributed by atoms with Crippen LogP contribution in [0.5, 0.6) is 0 Å². The third kappa shape index (κ3) is 5.36. The van der Waals surface area contributed by atoms with E-state index in [9.17, 15) is 9.59 Å². The van der Waals surface area contributed by atoms with Crippen molar-refractivity contribution >= 4 is 40.3 Å². The van der Waals surface area contributed by atoms with Gasteiger partial charge in [-0.15, -0.1) is 0 Å². The predicted molar refractivity (Wildman–Crippen MR) is 87.2 cm³/mol. The van der Waals surface area contributed by atoms with Gasteiger partial charge < -0.3 is 15.7 Å². The number of carboxylic acids is 1. The molecule has 1 rings (SSSR count). The molecule has 3 N–H and O–H groups in total. The van der Waals surface area contributed by atoms with Crippen molar-refractivity contribution < 1.29 is 14.7 Å². The van der Waals surface area contributed by atoms with E-state index < -0.39 is 5.97 Å². The number of urea groups is 1. The van der Waals surface area contributed by atoms with E-state index in [1.54, 1.807) is 12.1 Å². The quantitative estimate of drug-likeness (QED) is 0.673. The van der Waals surface area contributed by atoms with Crippen molar-refractivity contribution in [3.63, 3.8) is 0 Å². The zero-order chi connectivity index (χ0) is 15.3. The number of nitrogens with one attached hydrogen (secondary N) is 2. The molecule has 0 aliphatic rings. The Morgan fingerprint density at radius 2 is 1.95 bits per heavy atom. The Balaban J connectivity index is 2.73. The Hall–Kier alpha value is -1.31. The van der Waals surface area contributed by atoms with E-state index in [0.29, 0.717) is 11.6 Å². The summed E-state index contributed by atoms with van der Waals surface area (Å²) in [7, 11) is 0. The average molecular weight is 390 g/mol. The van der Waals surface area contributed by atoms with E-state index in [2.05, 4.69) is 24.5 Å². The van der Waals surface area contributed by atoms with Crippen LogP contribution >= 0.6 is 22.6 Å². The minimum absolute atomic E-state index is 0.0344. The molecule has 0 aliphatic heterocycles. The highest BCUT2D eigenvalue weighted by molar-refractivity contribution is 14.1. The molecule has 1 atom stereocenters. The Labute approximate surface area is 132 Å². The Morgan fingerprint density at radius 1 is 1.30 bits per heavy atom. The van der Waals surface area contributed by atoms with Gasteiger partial charge in [-0.1, -0.05) is 13.8 Å². The molecule has 0 aliphatic carbocycles. The molecule has 1 unspecified atom stereocenters. The topological polar surface area (TPSA) is 78.4 Å². The lowest BCUT2D eigenvalue weighted by atomic mass is 10.1. The Kier molecular flexibility index (Phi) is 6.25. The van der Waals surface area contributed by atoms with Crippen LogP contribution in [0.2, 0.25) is 0 Å². The normalized spacial score (nSPS) is 12.1. The monoisotopic (exact) mass is 390 g/mol. The minimum atomic E-state index is -1.06. The molecule has 6 heteroatoms. The van der Waals surface area contributed by atoms with Gasteiger partial charge in [0.15, 0.2) is 0 Å². The number of carbonyl (C=O) groups excluding carboxylic acids is 1. The summed E-state index contributed by atoms with van der Waals surface area (Å²) < 4.78 is 0.805. The fraction of sp³-hybridized carbons (Fsp3) is 0.429. The van der Waals surface area contributed by atoms with E-state index in [1.807, 2.05) is 29.5 Å². The zero-order valence-corrected chi connectivity index (χ0v) is 13.9. The lowest BCUT2D eigenvalue weighted by Gasteiger charge is -2.17. The van der Waals surface area contributed by atoms with Crippen LogP contribution < -0.4 is 10.6 Å². The summed E-state index contributed by atoms with van der Waals surface area (Å²) in [4.78, 5) is 23.0. The van der Waals surface area contributed by atoms with Gasteiger partial charge in [0, 0.05) is 9.61 Å².